The Kier molecular flexibility index (Phi) is 4.39. The molecule has 3 heteroatoms. The smallest absolute Gasteiger partial charge is 0.402 e. The minimum Gasteiger partial charge on any atom is -0.402 e. The standard InChI is InChI=1S/C20H31BO2/c1-6-16-12-10-11-15-20(16,17-13-8-7-9-14-17)21-22-18(2,3)19(4,5)23-21/h6,10-12,15,17H,7-9,13-14H2,1-5H3/b16-6+/t20-/m0/s1. The second-order valence-corrected chi connectivity index (χ2v) is 8.32. The van der Waals surface area contributed by atoms with Crippen LogP contribution >= 0.6 is 0 Å². The van der Waals surface area contributed by atoms with Crippen LogP contribution in [0.25, 0.3) is 0 Å². The lowest BCUT2D eigenvalue weighted by molar-refractivity contribution is 0.00578. The molecule has 3 rings (SSSR count). The first-order valence-corrected chi connectivity index (χ1v) is 9.22. The molecule has 23 heavy (non-hydrogen) atoms. The van der Waals surface area contributed by atoms with Gasteiger partial charge in [-0.25, -0.2) is 0 Å². The highest BCUT2D eigenvalue weighted by Gasteiger charge is 2.61. The van der Waals surface area contributed by atoms with E-state index in [1.165, 1.54) is 37.7 Å². The molecule has 1 heterocycles. The van der Waals surface area contributed by atoms with E-state index >= 15 is 0 Å². The molecular formula is C20H31BO2. The van der Waals surface area contributed by atoms with Gasteiger partial charge in [0.25, 0.3) is 0 Å². The van der Waals surface area contributed by atoms with Crippen LogP contribution in [0.3, 0.4) is 0 Å². The van der Waals surface area contributed by atoms with Crippen LogP contribution in [0.5, 0.6) is 0 Å². The van der Waals surface area contributed by atoms with Crippen molar-refractivity contribution in [3.63, 3.8) is 0 Å². The largest absolute Gasteiger partial charge is 0.473 e. The number of hydrogen-bond donors (Lipinski definition) is 0. The van der Waals surface area contributed by atoms with Crippen LogP contribution in [-0.4, -0.2) is 18.3 Å². The molecule has 0 amide bonds. The lowest BCUT2D eigenvalue weighted by Gasteiger charge is -2.44. The van der Waals surface area contributed by atoms with Gasteiger partial charge in [-0.3, -0.25) is 0 Å². The summed E-state index contributed by atoms with van der Waals surface area (Å²) >= 11 is 0. The summed E-state index contributed by atoms with van der Waals surface area (Å²) in [6.07, 6.45) is 17.7. The van der Waals surface area contributed by atoms with Gasteiger partial charge in [0.05, 0.1) is 16.5 Å². The minimum atomic E-state index is -0.285. The Morgan fingerprint density at radius 1 is 1.00 bits per heavy atom. The predicted octanol–water partition coefficient (Wildman–Crippen LogP) is 5.47. The van der Waals surface area contributed by atoms with E-state index in [9.17, 15) is 0 Å². The van der Waals surface area contributed by atoms with Crippen LogP contribution in [0.2, 0.25) is 5.31 Å². The Hall–Kier alpha value is -0.795. The molecule has 1 atom stereocenters. The van der Waals surface area contributed by atoms with Gasteiger partial charge in [0.2, 0.25) is 0 Å². The zero-order valence-corrected chi connectivity index (χ0v) is 15.4. The summed E-state index contributed by atoms with van der Waals surface area (Å²) in [7, 11) is -0.206. The molecule has 0 bridgehead atoms. The van der Waals surface area contributed by atoms with Crippen molar-refractivity contribution in [3.05, 3.63) is 36.0 Å². The fourth-order valence-electron chi connectivity index (χ4n) is 4.36. The van der Waals surface area contributed by atoms with Crippen LogP contribution in [-0.2, 0) is 9.31 Å². The third-order valence-electron chi connectivity index (χ3n) is 6.49. The van der Waals surface area contributed by atoms with Crippen molar-refractivity contribution in [2.45, 2.75) is 83.2 Å². The van der Waals surface area contributed by atoms with E-state index in [0.29, 0.717) is 5.92 Å². The van der Waals surface area contributed by atoms with Gasteiger partial charge in [-0.2, -0.15) is 0 Å². The van der Waals surface area contributed by atoms with Crippen LogP contribution in [0.1, 0.15) is 66.7 Å². The molecule has 2 fully saturated rings. The lowest BCUT2D eigenvalue weighted by Crippen LogP contribution is -2.42. The van der Waals surface area contributed by atoms with Crippen molar-refractivity contribution < 1.29 is 9.31 Å². The number of allylic oxidation sites excluding steroid dienone is 6. The summed E-state index contributed by atoms with van der Waals surface area (Å²) in [5, 5.41) is -0.144. The Bertz CT molecular complexity index is 522. The maximum absolute atomic E-state index is 6.54. The summed E-state index contributed by atoms with van der Waals surface area (Å²) in [5.41, 5.74) is 0.783. The highest BCUT2D eigenvalue weighted by molar-refractivity contribution is 6.52. The third-order valence-corrected chi connectivity index (χ3v) is 6.49. The normalized spacial score (nSPS) is 35.2. The molecule has 0 aromatic rings. The molecule has 1 saturated carbocycles. The summed E-state index contributed by atoms with van der Waals surface area (Å²) < 4.78 is 13.1. The summed E-state index contributed by atoms with van der Waals surface area (Å²) in [4.78, 5) is 0. The van der Waals surface area contributed by atoms with Crippen molar-refractivity contribution in [2.24, 2.45) is 5.92 Å². The molecule has 0 radical (unpaired) electrons. The second kappa shape index (κ2) is 5.93. The van der Waals surface area contributed by atoms with Crippen molar-refractivity contribution in [3.8, 4) is 0 Å². The summed E-state index contributed by atoms with van der Waals surface area (Å²) in [6.45, 7) is 10.7. The monoisotopic (exact) mass is 314 g/mol. The molecule has 0 unspecified atom stereocenters. The van der Waals surface area contributed by atoms with Crippen molar-refractivity contribution >= 4 is 7.12 Å². The van der Waals surface area contributed by atoms with Crippen LogP contribution in [0.4, 0.5) is 0 Å². The van der Waals surface area contributed by atoms with E-state index in [0.717, 1.165) is 0 Å². The lowest BCUT2D eigenvalue weighted by atomic mass is 9.45. The average Bonchev–Trinajstić information content (AvgIpc) is 2.76. The highest BCUT2D eigenvalue weighted by atomic mass is 16.7. The molecule has 0 aromatic heterocycles. The molecule has 1 aliphatic heterocycles. The molecule has 3 aliphatic rings. The molecule has 0 spiro atoms. The topological polar surface area (TPSA) is 18.5 Å². The van der Waals surface area contributed by atoms with Gasteiger partial charge in [-0.15, -0.1) is 0 Å². The van der Waals surface area contributed by atoms with E-state index in [4.69, 9.17) is 9.31 Å². The summed E-state index contributed by atoms with van der Waals surface area (Å²) in [6, 6.07) is 0. The Labute approximate surface area is 142 Å². The van der Waals surface area contributed by atoms with Crippen LogP contribution in [0.15, 0.2) is 36.0 Å². The first-order chi connectivity index (χ1) is 10.8. The molecule has 1 saturated heterocycles. The highest BCUT2D eigenvalue weighted by Crippen LogP contribution is 2.58. The van der Waals surface area contributed by atoms with Gasteiger partial charge < -0.3 is 9.31 Å². The number of rotatable bonds is 2. The van der Waals surface area contributed by atoms with Crippen molar-refractivity contribution in [2.75, 3.05) is 0 Å². The average molecular weight is 314 g/mol. The molecule has 0 N–H and O–H groups in total. The first-order valence-electron chi connectivity index (χ1n) is 9.22. The van der Waals surface area contributed by atoms with Crippen LogP contribution in [0, 0.1) is 5.92 Å². The van der Waals surface area contributed by atoms with E-state index in [2.05, 4.69) is 65.0 Å². The molecular weight excluding hydrogens is 283 g/mol. The second-order valence-electron chi connectivity index (χ2n) is 8.32. The molecule has 2 aliphatic carbocycles. The fourth-order valence-corrected chi connectivity index (χ4v) is 4.36. The molecule has 126 valence electrons. The Morgan fingerprint density at radius 2 is 1.61 bits per heavy atom. The Morgan fingerprint density at radius 3 is 2.17 bits per heavy atom. The van der Waals surface area contributed by atoms with Crippen LogP contribution < -0.4 is 0 Å². The fraction of sp³-hybridized carbons (Fsp3) is 0.700. The van der Waals surface area contributed by atoms with Gasteiger partial charge in [-0.1, -0.05) is 49.6 Å². The molecule has 0 aromatic carbocycles. The number of hydrogen-bond acceptors (Lipinski definition) is 2. The minimum absolute atomic E-state index is 0.144. The quantitative estimate of drug-likeness (QED) is 0.629. The Balaban J connectivity index is 2.03. The maximum atomic E-state index is 6.54. The van der Waals surface area contributed by atoms with Gasteiger partial charge >= 0.3 is 7.12 Å². The van der Waals surface area contributed by atoms with E-state index in [1.807, 2.05) is 0 Å². The third kappa shape index (κ3) is 2.66. The van der Waals surface area contributed by atoms with Gasteiger partial charge in [0.1, 0.15) is 0 Å². The van der Waals surface area contributed by atoms with Gasteiger partial charge in [0.15, 0.2) is 0 Å². The predicted molar refractivity (Wildman–Crippen MR) is 97.4 cm³/mol. The zero-order chi connectivity index (χ0) is 16.7. The van der Waals surface area contributed by atoms with E-state index < -0.39 is 0 Å². The van der Waals surface area contributed by atoms with E-state index in [-0.39, 0.29) is 23.6 Å². The van der Waals surface area contributed by atoms with Crippen molar-refractivity contribution in [1.82, 2.24) is 0 Å². The van der Waals surface area contributed by atoms with E-state index in [1.54, 1.807) is 0 Å². The van der Waals surface area contributed by atoms with Gasteiger partial charge in [-0.05, 0) is 59.0 Å². The maximum Gasteiger partial charge on any atom is 0.473 e. The first kappa shape index (κ1) is 17.0. The zero-order valence-electron chi connectivity index (χ0n) is 15.4. The SMILES string of the molecule is C/C=C1\C=CC=C[C@@]1(B1OC(C)(C)C(C)(C)O1)C1CCCCC1. The molecule has 2 nitrogen and oxygen atoms in total. The summed E-state index contributed by atoms with van der Waals surface area (Å²) in [5.74, 6) is 0.596. The van der Waals surface area contributed by atoms with Crippen molar-refractivity contribution in [1.29, 1.82) is 0 Å². The van der Waals surface area contributed by atoms with Gasteiger partial charge in [0, 0.05) is 0 Å².